The van der Waals surface area contributed by atoms with Gasteiger partial charge < -0.3 is 86.4 Å². The number of aromatic nitrogens is 4. The van der Waals surface area contributed by atoms with E-state index < -0.39 is 117 Å². The Morgan fingerprint density at radius 1 is 0.594 bits per heavy atom. The lowest BCUT2D eigenvalue weighted by Gasteiger charge is -2.36. The van der Waals surface area contributed by atoms with Crippen LogP contribution < -0.4 is 61.5 Å². The van der Waals surface area contributed by atoms with Crippen molar-refractivity contribution in [2.45, 2.75) is 240 Å². The zero-order chi connectivity index (χ0) is 90.9. The maximum absolute atomic E-state index is 15.0. The highest BCUT2D eigenvalue weighted by Gasteiger charge is 2.63. The number of thiazole rings is 2. The van der Waals surface area contributed by atoms with Gasteiger partial charge in [0.25, 0.3) is 0 Å². The van der Waals surface area contributed by atoms with Gasteiger partial charge in [0.1, 0.15) is 81.8 Å². The number of aliphatic carboxylic acids is 2. The molecule has 5 aliphatic heterocycles. The second-order valence-corrected chi connectivity index (χ2v) is 39.5. The summed E-state index contributed by atoms with van der Waals surface area (Å²) in [7, 11) is 0.792. The average Bonchev–Trinajstić information content (AvgIpc) is 1.58. The van der Waals surface area contributed by atoms with E-state index in [1.165, 1.54) is 56.0 Å². The molecule has 0 spiro atoms. The number of benzene rings is 3. The second-order valence-electron chi connectivity index (χ2n) is 35.7. The lowest BCUT2D eigenvalue weighted by atomic mass is 9.79. The number of carbonyl (C=O) groups is 9. The highest BCUT2D eigenvalue weighted by molar-refractivity contribution is 7.89. The minimum absolute atomic E-state index is 0.000272. The van der Waals surface area contributed by atoms with Gasteiger partial charge in [-0.25, -0.2) is 47.5 Å². The Balaban J connectivity index is 0.000000208. The lowest BCUT2D eigenvalue weighted by molar-refractivity contribution is -0.146. The number of fused-ring (bicyclic) bond motifs is 6. The van der Waals surface area contributed by atoms with E-state index >= 15 is 0 Å². The molecule has 3 aliphatic carbocycles. The van der Waals surface area contributed by atoms with Gasteiger partial charge in [-0.3, -0.25) is 24.0 Å². The molecule has 36 heteroatoms. The summed E-state index contributed by atoms with van der Waals surface area (Å²) in [6.07, 6.45) is 17.0. The molecule has 12 atom stereocenters. The molecule has 3 saturated heterocycles. The van der Waals surface area contributed by atoms with Gasteiger partial charge in [0.15, 0.2) is 10.3 Å². The van der Waals surface area contributed by atoms with E-state index in [2.05, 4.69) is 42.5 Å². The van der Waals surface area contributed by atoms with Crippen LogP contribution in [-0.2, 0) is 43.6 Å². The maximum Gasteiger partial charge on any atom is 0.330 e. The number of amides is 9. The van der Waals surface area contributed by atoms with Crippen molar-refractivity contribution in [1.82, 2.24) is 70.8 Å². The van der Waals surface area contributed by atoms with Crippen molar-refractivity contribution in [3.63, 3.8) is 0 Å². The Bertz CT molecular complexity index is 5420. The number of allylic oxidation sites excluding steroid dienone is 2. The van der Waals surface area contributed by atoms with E-state index in [0.717, 1.165) is 68.1 Å². The number of carboxylic acids is 2. The second kappa shape index (κ2) is 40.6. The summed E-state index contributed by atoms with van der Waals surface area (Å²) in [4.78, 5) is 148. The van der Waals surface area contributed by atoms with E-state index in [1.54, 1.807) is 73.7 Å². The smallest absolute Gasteiger partial charge is 0.330 e. The quantitative estimate of drug-likeness (QED) is 0.0225. The van der Waals surface area contributed by atoms with E-state index in [9.17, 15) is 61.8 Å². The zero-order valence-corrected chi connectivity index (χ0v) is 76.3. The zero-order valence-electron chi connectivity index (χ0n) is 73.8. The topological polar surface area (TPSA) is 426 Å². The van der Waals surface area contributed by atoms with Crippen molar-refractivity contribution in [3.05, 3.63) is 114 Å². The van der Waals surface area contributed by atoms with Crippen LogP contribution in [0.1, 0.15) is 164 Å². The fraction of sp³-hybridized carbons (Fsp3) is 0.533. The monoisotopic (exact) mass is 1810 g/mol. The van der Waals surface area contributed by atoms with Gasteiger partial charge >= 0.3 is 24.0 Å². The number of sulfonamides is 1. The number of pyridine rings is 2. The summed E-state index contributed by atoms with van der Waals surface area (Å²) in [5.74, 6) is -3.04. The van der Waals surface area contributed by atoms with Crippen LogP contribution in [0.2, 0.25) is 0 Å². The number of nitrogens with one attached hydrogen (secondary N) is 8. The molecule has 33 nitrogen and oxygen atoms in total. The van der Waals surface area contributed by atoms with Crippen molar-refractivity contribution < 1.29 is 80.7 Å². The molecule has 10 N–H and O–H groups in total. The first-order chi connectivity index (χ1) is 61.4. The van der Waals surface area contributed by atoms with Crippen molar-refractivity contribution in [3.8, 4) is 45.8 Å². The first kappa shape index (κ1) is 92.9. The van der Waals surface area contributed by atoms with Crippen LogP contribution in [0, 0.1) is 23.7 Å². The third-order valence-corrected chi connectivity index (χ3v) is 28.8. The Morgan fingerprint density at radius 2 is 1.08 bits per heavy atom. The number of likely N-dealkylation sites (tertiary alicyclic amines) is 1. The van der Waals surface area contributed by atoms with Gasteiger partial charge in [-0.15, -0.1) is 22.7 Å². The Kier molecular flexibility index (Phi) is 29.5. The fourth-order valence-electron chi connectivity index (χ4n) is 17.7. The predicted molar refractivity (Wildman–Crippen MR) is 486 cm³/mol. The predicted octanol–water partition coefficient (Wildman–Crippen LogP) is 11.5. The largest absolute Gasteiger partial charge is 0.497 e. The van der Waals surface area contributed by atoms with Gasteiger partial charge in [0.2, 0.25) is 39.6 Å². The highest BCUT2D eigenvalue weighted by atomic mass is 32.2. The number of anilines is 2. The molecule has 2 unspecified atom stereocenters. The minimum Gasteiger partial charge on any atom is -0.497 e. The van der Waals surface area contributed by atoms with Crippen LogP contribution in [0.5, 0.6) is 23.0 Å². The van der Waals surface area contributed by atoms with Crippen molar-refractivity contribution in [1.29, 1.82) is 0 Å². The summed E-state index contributed by atoms with van der Waals surface area (Å²) < 4.78 is 52.8. The number of urea groups is 2. The number of hydrogen-bond acceptors (Lipinski definition) is 23. The first-order valence-corrected chi connectivity index (χ1v) is 47.8. The Labute approximate surface area is 753 Å². The van der Waals surface area contributed by atoms with E-state index in [1.807, 2.05) is 88.7 Å². The highest BCUT2D eigenvalue weighted by Crippen LogP contribution is 2.48. The summed E-state index contributed by atoms with van der Waals surface area (Å²) >= 11 is 2.91. The fourth-order valence-corrected chi connectivity index (χ4v) is 20.6. The summed E-state index contributed by atoms with van der Waals surface area (Å²) in [5, 5.41) is 51.6. The first-order valence-electron chi connectivity index (χ1n) is 44.6. The van der Waals surface area contributed by atoms with E-state index in [-0.39, 0.29) is 98.4 Å². The van der Waals surface area contributed by atoms with Crippen molar-refractivity contribution >= 4 is 118 Å². The number of carbonyl (C=O) groups excluding carboxylic acids is 7. The summed E-state index contributed by atoms with van der Waals surface area (Å²) in [6.45, 7) is 13.1. The molecule has 3 saturated carbocycles. The van der Waals surface area contributed by atoms with Gasteiger partial charge in [0, 0.05) is 122 Å². The number of ether oxygens (including phenoxy) is 4. The molecule has 7 aromatic rings. The van der Waals surface area contributed by atoms with Gasteiger partial charge in [-0.2, -0.15) is 4.31 Å². The number of nitrogens with zero attached hydrogens (tertiary/aromatic N) is 8. The molecule has 9 heterocycles. The molecule has 4 aromatic heterocycles. The van der Waals surface area contributed by atoms with Crippen LogP contribution in [-0.4, -0.2) is 237 Å². The Morgan fingerprint density at radius 3 is 1.51 bits per heavy atom. The SMILES string of the molecule is COc1ccc2c(O[C@@H]3C[C@H]4C(=O)N[C@]5(C(=O)O)CC5/C=C\CCCCC[C@H](NC(=O)N[C@H](CN(C)S(=O)(=O)c5ccccc5)C5CCC5)C(=O)N4C3)cc(-c3csc(NC(C)C)n3)nc2c1.COc1ccc2c(O[C@@H]3C[C@H]4C(=O)N[C@]5(C(=O)O)CC5/C=C\CCCCC[C@H](NC(=O)N[C@H](CN5CCCC5=O)C(C)C)C(=O)N4C3)cc(-c3csc(NC(C)C)n3)nc2c1. The third-order valence-electron chi connectivity index (χ3n) is 25.4. The molecule has 128 heavy (non-hydrogen) atoms. The maximum atomic E-state index is 15.0. The molecule has 0 radical (unpaired) electrons. The summed E-state index contributed by atoms with van der Waals surface area (Å²) in [6, 6.07) is 16.6. The standard InChI is InChI=1S/C48H60N8O9S2.C44H58N8O8S/c1-29(2)49-47-53-40(28-66-47)38-24-42(35-21-20-32(64-4)22-37(35)50-38)65-33-23-41-43(57)54-48(45(59)60)25-31(48)16-9-6-5-7-12-19-36(44(58)56(41)26-33)51-46(61)52-39(30-14-13-15-30)27-55(3)67(62,63)34-17-10-8-11-18-34;1-25(2)34(23-51-17-11-14-38(51)53)48-42(58)47-31-13-10-8-6-7-9-12-27-21-44(27,41(56)57)50-39(54)36-19-29(22-52(36)40(31)55)60-37-20-33(35-24-61-43(49-35)45-26(3)4)46-32-18-28(59-5)15-16-30(32)37/h8-11,16-18,20-22,24,28-31,33,36,39,41H,5-7,12-15,19,23,25-27H2,1-4H3,(H,49,53)(H,54,57)(H,59,60)(H2,51,52,61);9,12,15-16,18,20,24-27,29,31,34,36H,6-8,10-11,13-14,17,19,21-23H2,1-5H3,(H,45,49)(H,50,54)(H,56,57)(H2,47,48,58)/b16-9-;12-9-/t31?,33-,36+,39-,41+,48-;27?,29-,31+,34-,36+,44-/m11/s1. The summed E-state index contributed by atoms with van der Waals surface area (Å²) in [5.41, 5.74) is 0.556. The Hall–Kier alpha value is -11.2. The number of carboxylic acid groups (broad SMARTS) is 2. The van der Waals surface area contributed by atoms with Crippen LogP contribution in [0.3, 0.4) is 0 Å². The molecular formula is C92H118N16O17S3. The van der Waals surface area contributed by atoms with Gasteiger partial charge in [0.05, 0.1) is 60.7 Å². The molecule has 9 amide bonds. The molecule has 0 bridgehead atoms. The van der Waals surface area contributed by atoms with Crippen LogP contribution in [0.15, 0.2) is 119 Å². The number of hydrogen-bond donors (Lipinski definition) is 10. The minimum atomic E-state index is -3.85. The number of methoxy groups -OCH3 is 2. The number of rotatable bonds is 26. The molecular weight excluding hydrogens is 1700 g/mol. The van der Waals surface area contributed by atoms with Crippen LogP contribution >= 0.6 is 22.7 Å². The van der Waals surface area contributed by atoms with Crippen LogP contribution in [0.4, 0.5) is 19.9 Å². The third kappa shape index (κ3) is 21.8. The van der Waals surface area contributed by atoms with Gasteiger partial charge in [-0.1, -0.05) is 88.5 Å². The van der Waals surface area contributed by atoms with E-state index in [4.69, 9.17) is 38.9 Å². The molecule has 6 fully saturated rings. The average molecular weight is 1820 g/mol. The number of likely N-dealkylation sites (N-methyl/N-ethyl adjacent to an activating group) is 1. The van der Waals surface area contributed by atoms with E-state index in [0.29, 0.717) is 113 Å². The normalized spacial score (nSPS) is 25.1. The van der Waals surface area contributed by atoms with Crippen molar-refractivity contribution in [2.75, 3.05) is 64.6 Å². The molecule has 8 aliphatic rings. The molecule has 3 aromatic carbocycles. The lowest BCUT2D eigenvalue weighted by Crippen LogP contribution is -2.59. The van der Waals surface area contributed by atoms with Gasteiger partial charge in [-0.05, 0) is 147 Å². The van der Waals surface area contributed by atoms with Crippen LogP contribution in [0.25, 0.3) is 44.6 Å². The molecule has 686 valence electrons. The van der Waals surface area contributed by atoms with Crippen molar-refractivity contribution in [2.24, 2.45) is 23.7 Å². The molecule has 15 rings (SSSR count).